The highest BCUT2D eigenvalue weighted by molar-refractivity contribution is 8.01. The number of amides is 1. The van der Waals surface area contributed by atoms with E-state index in [4.69, 9.17) is 0 Å². The van der Waals surface area contributed by atoms with E-state index in [1.165, 1.54) is 23.1 Å². The molecule has 9 heteroatoms. The number of anilines is 1. The van der Waals surface area contributed by atoms with Crippen molar-refractivity contribution in [3.05, 3.63) is 22.9 Å². The zero-order valence-electron chi connectivity index (χ0n) is 14.5. The molecular formula is C16H19N5OS3. The number of nitriles is 1. The molecule has 2 rings (SSSR count). The third kappa shape index (κ3) is 5.17. The van der Waals surface area contributed by atoms with Crippen LogP contribution in [0, 0.1) is 25.2 Å². The zero-order chi connectivity index (χ0) is 18.4. The minimum absolute atomic E-state index is 0.151. The summed E-state index contributed by atoms with van der Waals surface area (Å²) in [5.41, 5.74) is 2.23. The molecule has 132 valence electrons. The third-order valence-electron chi connectivity index (χ3n) is 3.24. The van der Waals surface area contributed by atoms with Gasteiger partial charge in [0.2, 0.25) is 11.0 Å². The predicted octanol–water partition coefficient (Wildman–Crippen LogP) is 4.04. The normalized spacial score (nSPS) is 11.8. The largest absolute Gasteiger partial charge is 0.300 e. The minimum atomic E-state index is -0.355. The Bertz CT molecular complexity index is 800. The molecular weight excluding hydrogens is 374 g/mol. The summed E-state index contributed by atoms with van der Waals surface area (Å²) in [6.07, 6.45) is 0.616. The molecule has 2 aromatic heterocycles. The van der Waals surface area contributed by atoms with E-state index >= 15 is 0 Å². The molecule has 1 amide bonds. The number of pyridine rings is 1. The molecule has 0 saturated carbocycles. The van der Waals surface area contributed by atoms with Gasteiger partial charge in [-0.05, 0) is 37.7 Å². The van der Waals surface area contributed by atoms with E-state index in [2.05, 4.69) is 26.6 Å². The standard InChI is InChI=1S/C16H19N5OS3/c1-5-12(13(22)19-15-20-21-16(25-15)23-6-2)24-14-11(8-17)9(3)7-10(4)18-14/h7,12H,5-6H2,1-4H3,(H,19,20,22). The Morgan fingerprint density at radius 2 is 2.16 bits per heavy atom. The lowest BCUT2D eigenvalue weighted by molar-refractivity contribution is -0.115. The second-order valence-corrected chi connectivity index (χ2v) is 8.86. The van der Waals surface area contributed by atoms with Crippen molar-refractivity contribution in [2.45, 2.75) is 48.7 Å². The highest BCUT2D eigenvalue weighted by Crippen LogP contribution is 2.30. The first kappa shape index (κ1) is 19.7. The van der Waals surface area contributed by atoms with Crippen molar-refractivity contribution in [1.29, 1.82) is 5.26 Å². The van der Waals surface area contributed by atoms with Gasteiger partial charge in [0.15, 0.2) is 4.34 Å². The number of carbonyl (C=O) groups is 1. The van der Waals surface area contributed by atoms with Crippen LogP contribution in [-0.4, -0.2) is 32.1 Å². The molecule has 1 atom stereocenters. The maximum absolute atomic E-state index is 12.6. The Labute approximate surface area is 159 Å². The first-order valence-electron chi connectivity index (χ1n) is 7.80. The fourth-order valence-corrected chi connectivity index (χ4v) is 4.88. The zero-order valence-corrected chi connectivity index (χ0v) is 16.9. The summed E-state index contributed by atoms with van der Waals surface area (Å²) in [4.78, 5) is 17.0. The van der Waals surface area contributed by atoms with Crippen molar-refractivity contribution < 1.29 is 4.79 Å². The number of aromatic nitrogens is 3. The van der Waals surface area contributed by atoms with Crippen LogP contribution in [0.25, 0.3) is 0 Å². The van der Waals surface area contributed by atoms with Gasteiger partial charge in [-0.1, -0.05) is 48.7 Å². The fraction of sp³-hybridized carbons (Fsp3) is 0.438. The number of carbonyl (C=O) groups excluding carboxylic acids is 1. The van der Waals surface area contributed by atoms with Gasteiger partial charge in [0, 0.05) is 5.69 Å². The SMILES string of the molecule is CCSc1nnc(NC(=O)C(CC)Sc2nc(C)cc(C)c2C#N)s1. The first-order valence-corrected chi connectivity index (χ1v) is 10.5. The van der Waals surface area contributed by atoms with Crippen molar-refractivity contribution in [2.24, 2.45) is 0 Å². The summed E-state index contributed by atoms with van der Waals surface area (Å²) in [7, 11) is 0. The van der Waals surface area contributed by atoms with E-state index in [-0.39, 0.29) is 11.2 Å². The van der Waals surface area contributed by atoms with Gasteiger partial charge in [-0.25, -0.2) is 4.98 Å². The lowest BCUT2D eigenvalue weighted by Crippen LogP contribution is -2.24. The molecule has 0 radical (unpaired) electrons. The molecule has 0 saturated heterocycles. The van der Waals surface area contributed by atoms with Crippen molar-refractivity contribution >= 4 is 45.9 Å². The number of aryl methyl sites for hydroxylation is 2. The van der Waals surface area contributed by atoms with E-state index in [0.717, 1.165) is 21.3 Å². The van der Waals surface area contributed by atoms with Crippen molar-refractivity contribution in [3.8, 4) is 6.07 Å². The second-order valence-electron chi connectivity index (χ2n) is 5.18. The van der Waals surface area contributed by atoms with Crippen LogP contribution >= 0.6 is 34.9 Å². The first-order chi connectivity index (χ1) is 12.0. The van der Waals surface area contributed by atoms with Gasteiger partial charge in [-0.2, -0.15) is 5.26 Å². The Morgan fingerprint density at radius 3 is 2.80 bits per heavy atom. The second kappa shape index (κ2) is 9.17. The Balaban J connectivity index is 2.14. The van der Waals surface area contributed by atoms with Gasteiger partial charge < -0.3 is 0 Å². The van der Waals surface area contributed by atoms with Gasteiger partial charge in [-0.3, -0.25) is 10.1 Å². The monoisotopic (exact) mass is 393 g/mol. The topological polar surface area (TPSA) is 91.6 Å². The molecule has 6 nitrogen and oxygen atoms in total. The predicted molar refractivity (Wildman–Crippen MR) is 103 cm³/mol. The van der Waals surface area contributed by atoms with Crippen LogP contribution in [0.5, 0.6) is 0 Å². The molecule has 1 N–H and O–H groups in total. The highest BCUT2D eigenvalue weighted by atomic mass is 32.2. The Kier molecular flexibility index (Phi) is 7.23. The molecule has 0 aliphatic carbocycles. The smallest absolute Gasteiger partial charge is 0.239 e. The van der Waals surface area contributed by atoms with Crippen LogP contribution in [0.1, 0.15) is 37.1 Å². The number of hydrogen-bond acceptors (Lipinski definition) is 8. The van der Waals surface area contributed by atoms with Gasteiger partial charge in [0.05, 0.1) is 10.8 Å². The number of rotatable bonds is 7. The molecule has 2 heterocycles. The highest BCUT2D eigenvalue weighted by Gasteiger charge is 2.22. The van der Waals surface area contributed by atoms with E-state index < -0.39 is 0 Å². The summed E-state index contributed by atoms with van der Waals surface area (Å²) in [5.74, 6) is 0.757. The minimum Gasteiger partial charge on any atom is -0.300 e. The van der Waals surface area contributed by atoms with Crippen LogP contribution < -0.4 is 5.32 Å². The van der Waals surface area contributed by atoms with Gasteiger partial charge in [0.1, 0.15) is 11.1 Å². The maximum Gasteiger partial charge on any atom is 0.239 e. The Hall–Kier alpha value is -1.63. The van der Waals surface area contributed by atoms with Gasteiger partial charge in [-0.15, -0.1) is 10.2 Å². The molecule has 2 aromatic rings. The quantitative estimate of drug-likeness (QED) is 0.560. The summed E-state index contributed by atoms with van der Waals surface area (Å²) in [6.45, 7) is 7.74. The number of hydrogen-bond donors (Lipinski definition) is 1. The molecule has 25 heavy (non-hydrogen) atoms. The molecule has 0 aliphatic heterocycles. The average Bonchev–Trinajstić information content (AvgIpc) is 2.99. The molecule has 0 aliphatic rings. The molecule has 0 bridgehead atoms. The summed E-state index contributed by atoms with van der Waals surface area (Å²) in [5, 5.41) is 21.0. The van der Waals surface area contributed by atoms with Crippen LogP contribution in [0.2, 0.25) is 0 Å². The average molecular weight is 394 g/mol. The van der Waals surface area contributed by atoms with Crippen molar-refractivity contribution in [3.63, 3.8) is 0 Å². The van der Waals surface area contributed by atoms with Gasteiger partial charge in [0.25, 0.3) is 0 Å². The van der Waals surface area contributed by atoms with E-state index in [9.17, 15) is 10.1 Å². The Morgan fingerprint density at radius 1 is 1.40 bits per heavy atom. The molecule has 0 fully saturated rings. The lowest BCUT2D eigenvalue weighted by Gasteiger charge is -2.14. The van der Waals surface area contributed by atoms with Crippen LogP contribution in [0.15, 0.2) is 15.4 Å². The van der Waals surface area contributed by atoms with Crippen LogP contribution in [-0.2, 0) is 4.79 Å². The van der Waals surface area contributed by atoms with E-state index in [0.29, 0.717) is 22.1 Å². The van der Waals surface area contributed by atoms with Crippen LogP contribution in [0.3, 0.4) is 0 Å². The van der Waals surface area contributed by atoms with Crippen LogP contribution in [0.4, 0.5) is 5.13 Å². The number of nitrogens with one attached hydrogen (secondary N) is 1. The fourth-order valence-electron chi connectivity index (χ4n) is 2.11. The van der Waals surface area contributed by atoms with E-state index in [1.807, 2.05) is 33.8 Å². The van der Waals surface area contributed by atoms with Crippen molar-refractivity contribution in [1.82, 2.24) is 15.2 Å². The molecule has 0 aromatic carbocycles. The summed E-state index contributed by atoms with van der Waals surface area (Å²) >= 11 is 4.27. The summed E-state index contributed by atoms with van der Waals surface area (Å²) < 4.78 is 0.834. The molecule has 0 spiro atoms. The molecule has 1 unspecified atom stereocenters. The van der Waals surface area contributed by atoms with Crippen molar-refractivity contribution in [2.75, 3.05) is 11.1 Å². The van der Waals surface area contributed by atoms with Gasteiger partial charge >= 0.3 is 0 Å². The summed E-state index contributed by atoms with van der Waals surface area (Å²) in [6, 6.07) is 4.06. The lowest BCUT2D eigenvalue weighted by atomic mass is 10.1. The third-order valence-corrected chi connectivity index (χ3v) is 6.45. The number of thioether (sulfide) groups is 2. The van der Waals surface area contributed by atoms with E-state index in [1.54, 1.807) is 11.8 Å². The maximum atomic E-state index is 12.6. The number of nitrogens with zero attached hydrogens (tertiary/aromatic N) is 4.